The maximum Gasteiger partial charge on any atom is 0.346 e. The van der Waals surface area contributed by atoms with Gasteiger partial charge in [-0.05, 0) is 18.1 Å². The molecule has 1 aromatic rings. The summed E-state index contributed by atoms with van der Waals surface area (Å²) in [5.74, 6) is -1.15. The number of rotatable bonds is 10. The number of carbonyl (C=O) groups excluding carboxylic acids is 3. The SMILES string of the molecule is CCCCCCCCOCOc1cc2c(c3c1C(=O)N(C)C3)C(=O)OC(=O)C2. The van der Waals surface area contributed by atoms with Gasteiger partial charge >= 0.3 is 11.9 Å². The van der Waals surface area contributed by atoms with Gasteiger partial charge in [0.15, 0.2) is 6.79 Å². The number of nitrogens with zero attached hydrogens (tertiary/aromatic N) is 1. The maximum absolute atomic E-state index is 12.5. The molecule has 1 amide bonds. The van der Waals surface area contributed by atoms with Crippen LogP contribution in [0.5, 0.6) is 5.75 Å². The first kappa shape index (κ1) is 20.3. The zero-order valence-corrected chi connectivity index (χ0v) is 16.5. The molecule has 2 aliphatic rings. The first-order valence-corrected chi connectivity index (χ1v) is 9.92. The Hall–Kier alpha value is -2.41. The minimum atomic E-state index is -0.698. The first-order valence-electron chi connectivity index (χ1n) is 9.92. The van der Waals surface area contributed by atoms with Gasteiger partial charge in [0.1, 0.15) is 5.75 Å². The van der Waals surface area contributed by atoms with E-state index >= 15 is 0 Å². The van der Waals surface area contributed by atoms with Crippen molar-refractivity contribution in [2.75, 3.05) is 20.4 Å². The van der Waals surface area contributed by atoms with Gasteiger partial charge < -0.3 is 19.1 Å². The molecule has 2 aliphatic heterocycles. The summed E-state index contributed by atoms with van der Waals surface area (Å²) in [5.41, 5.74) is 1.77. The molecule has 2 heterocycles. The Bertz CT molecular complexity index is 773. The highest BCUT2D eigenvalue weighted by Crippen LogP contribution is 2.37. The number of hydrogen-bond donors (Lipinski definition) is 0. The highest BCUT2D eigenvalue weighted by molar-refractivity contribution is 6.09. The van der Waals surface area contributed by atoms with Gasteiger partial charge in [0.25, 0.3) is 5.91 Å². The van der Waals surface area contributed by atoms with Gasteiger partial charge in [-0.2, -0.15) is 0 Å². The lowest BCUT2D eigenvalue weighted by atomic mass is 9.93. The average Bonchev–Trinajstić information content (AvgIpc) is 2.94. The van der Waals surface area contributed by atoms with Crippen LogP contribution in [0.15, 0.2) is 6.07 Å². The fraction of sp³-hybridized carbons (Fsp3) is 0.571. The summed E-state index contributed by atoms with van der Waals surface area (Å²) in [4.78, 5) is 37.8. The summed E-state index contributed by atoms with van der Waals surface area (Å²) >= 11 is 0. The molecule has 0 unspecified atom stereocenters. The molecule has 0 fully saturated rings. The van der Waals surface area contributed by atoms with Crippen molar-refractivity contribution in [2.24, 2.45) is 0 Å². The fourth-order valence-electron chi connectivity index (χ4n) is 3.66. The van der Waals surface area contributed by atoms with E-state index in [1.54, 1.807) is 13.1 Å². The van der Waals surface area contributed by atoms with Crippen LogP contribution in [0.4, 0.5) is 0 Å². The normalized spacial score (nSPS) is 15.5. The number of unbranched alkanes of at least 4 members (excludes halogenated alkanes) is 5. The van der Waals surface area contributed by atoms with E-state index < -0.39 is 11.9 Å². The number of benzene rings is 1. The first-order chi connectivity index (χ1) is 13.5. The van der Waals surface area contributed by atoms with E-state index in [2.05, 4.69) is 6.92 Å². The van der Waals surface area contributed by atoms with Crippen LogP contribution in [0.1, 0.15) is 77.3 Å². The highest BCUT2D eigenvalue weighted by Gasteiger charge is 2.38. The van der Waals surface area contributed by atoms with Crippen LogP contribution in [-0.2, 0) is 27.2 Å². The predicted octanol–water partition coefficient (Wildman–Crippen LogP) is 3.23. The van der Waals surface area contributed by atoms with Crippen molar-refractivity contribution in [3.63, 3.8) is 0 Å². The topological polar surface area (TPSA) is 82.1 Å². The van der Waals surface area contributed by atoms with Crippen LogP contribution < -0.4 is 4.74 Å². The van der Waals surface area contributed by atoms with E-state index in [4.69, 9.17) is 14.2 Å². The Morgan fingerprint density at radius 2 is 1.82 bits per heavy atom. The number of fused-ring (bicyclic) bond motifs is 3. The van der Waals surface area contributed by atoms with Crippen molar-refractivity contribution in [1.29, 1.82) is 0 Å². The molecule has 28 heavy (non-hydrogen) atoms. The summed E-state index contributed by atoms with van der Waals surface area (Å²) in [5, 5.41) is 0. The molecule has 3 rings (SSSR count). The molecule has 0 bridgehead atoms. The number of carbonyl (C=O) groups is 3. The highest BCUT2D eigenvalue weighted by atomic mass is 16.7. The molecule has 0 aromatic heterocycles. The second kappa shape index (κ2) is 9.19. The second-order valence-electron chi connectivity index (χ2n) is 7.30. The summed E-state index contributed by atoms with van der Waals surface area (Å²) in [6.45, 7) is 3.10. The zero-order valence-electron chi connectivity index (χ0n) is 16.5. The largest absolute Gasteiger partial charge is 0.467 e. The Kier molecular flexibility index (Phi) is 6.67. The average molecular weight is 389 g/mol. The molecule has 7 nitrogen and oxygen atoms in total. The molecule has 0 radical (unpaired) electrons. The number of hydrogen-bond acceptors (Lipinski definition) is 6. The Morgan fingerprint density at radius 1 is 1.07 bits per heavy atom. The van der Waals surface area contributed by atoms with Crippen molar-refractivity contribution in [3.8, 4) is 5.75 Å². The molecule has 0 saturated heterocycles. The Morgan fingerprint density at radius 3 is 2.61 bits per heavy atom. The van der Waals surface area contributed by atoms with E-state index in [1.165, 1.54) is 30.6 Å². The summed E-state index contributed by atoms with van der Waals surface area (Å²) < 4.78 is 16.0. The number of cyclic esters (lactones) is 2. The molecule has 0 spiro atoms. The third-order valence-corrected chi connectivity index (χ3v) is 5.12. The van der Waals surface area contributed by atoms with Crippen molar-refractivity contribution < 1.29 is 28.6 Å². The number of esters is 2. The van der Waals surface area contributed by atoms with Gasteiger partial charge in [0.05, 0.1) is 24.2 Å². The molecule has 152 valence electrons. The minimum absolute atomic E-state index is 0.0127. The third kappa shape index (κ3) is 4.35. The number of amides is 1. The fourth-order valence-corrected chi connectivity index (χ4v) is 3.66. The van der Waals surface area contributed by atoms with E-state index in [-0.39, 0.29) is 25.7 Å². The van der Waals surface area contributed by atoms with Gasteiger partial charge in [-0.15, -0.1) is 0 Å². The zero-order chi connectivity index (χ0) is 20.1. The van der Waals surface area contributed by atoms with Gasteiger partial charge in [-0.25, -0.2) is 4.79 Å². The van der Waals surface area contributed by atoms with Crippen molar-refractivity contribution in [1.82, 2.24) is 4.90 Å². The second-order valence-corrected chi connectivity index (χ2v) is 7.30. The molecule has 1 aromatic carbocycles. The van der Waals surface area contributed by atoms with E-state index in [1.807, 2.05) is 0 Å². The van der Waals surface area contributed by atoms with Crippen molar-refractivity contribution in [3.05, 3.63) is 28.3 Å². The molecule has 0 atom stereocenters. The van der Waals surface area contributed by atoms with Crippen LogP contribution in [0.2, 0.25) is 0 Å². The van der Waals surface area contributed by atoms with Crippen LogP contribution >= 0.6 is 0 Å². The molecule has 0 N–H and O–H groups in total. The molecular formula is C21H27NO6. The third-order valence-electron chi connectivity index (χ3n) is 5.12. The van der Waals surface area contributed by atoms with Gasteiger partial charge in [0, 0.05) is 19.2 Å². The lowest BCUT2D eigenvalue weighted by molar-refractivity contribution is -0.137. The molecular weight excluding hydrogens is 362 g/mol. The van der Waals surface area contributed by atoms with E-state index in [0.29, 0.717) is 34.6 Å². The summed E-state index contributed by atoms with van der Waals surface area (Å²) in [6, 6.07) is 1.59. The van der Waals surface area contributed by atoms with Crippen molar-refractivity contribution >= 4 is 17.8 Å². The maximum atomic E-state index is 12.5. The lowest BCUT2D eigenvalue weighted by Gasteiger charge is -2.19. The quantitative estimate of drug-likeness (QED) is 0.264. The predicted molar refractivity (Wildman–Crippen MR) is 101 cm³/mol. The number of ether oxygens (including phenoxy) is 3. The standard InChI is InChI=1S/C21H27NO6/c1-3-4-5-6-7-8-9-26-13-27-16-10-14-11-17(23)28-21(25)18(14)15-12-22(2)20(24)19(15)16/h10H,3-9,11-13H2,1-2H3. The molecule has 7 heteroatoms. The minimum Gasteiger partial charge on any atom is -0.467 e. The Balaban J connectivity index is 1.63. The van der Waals surface area contributed by atoms with Crippen LogP contribution in [-0.4, -0.2) is 43.2 Å². The van der Waals surface area contributed by atoms with Crippen LogP contribution in [0.25, 0.3) is 0 Å². The van der Waals surface area contributed by atoms with E-state index in [9.17, 15) is 14.4 Å². The van der Waals surface area contributed by atoms with Gasteiger partial charge in [0.2, 0.25) is 0 Å². The Labute approximate surface area is 164 Å². The van der Waals surface area contributed by atoms with Crippen LogP contribution in [0.3, 0.4) is 0 Å². The summed E-state index contributed by atoms with van der Waals surface area (Å²) in [6.07, 6.45) is 7.05. The summed E-state index contributed by atoms with van der Waals surface area (Å²) in [7, 11) is 1.66. The lowest BCUT2D eigenvalue weighted by Crippen LogP contribution is -2.25. The van der Waals surface area contributed by atoms with Gasteiger partial charge in [-0.3, -0.25) is 9.59 Å². The molecule has 0 saturated carbocycles. The smallest absolute Gasteiger partial charge is 0.346 e. The van der Waals surface area contributed by atoms with Crippen LogP contribution in [0, 0.1) is 0 Å². The van der Waals surface area contributed by atoms with Crippen molar-refractivity contribution in [2.45, 2.75) is 58.4 Å². The monoisotopic (exact) mass is 389 g/mol. The van der Waals surface area contributed by atoms with E-state index in [0.717, 1.165) is 12.8 Å². The van der Waals surface area contributed by atoms with Gasteiger partial charge in [-0.1, -0.05) is 39.0 Å². The molecule has 0 aliphatic carbocycles.